The molecule has 0 aliphatic rings. The smallest absolute Gasteiger partial charge is 0.244 e. The highest BCUT2D eigenvalue weighted by Gasteiger charge is 2.23. The SMILES string of the molecule is CCCNCc1n[nH]c(C)c1S(=O)(=O)NCCCN(C)C. The highest BCUT2D eigenvalue weighted by molar-refractivity contribution is 7.89. The summed E-state index contributed by atoms with van der Waals surface area (Å²) in [5.41, 5.74) is 1.12. The Morgan fingerprint density at radius 3 is 2.62 bits per heavy atom. The molecule has 7 nitrogen and oxygen atoms in total. The molecule has 0 amide bonds. The van der Waals surface area contributed by atoms with Gasteiger partial charge in [-0.2, -0.15) is 5.10 Å². The van der Waals surface area contributed by atoms with E-state index < -0.39 is 10.0 Å². The lowest BCUT2D eigenvalue weighted by molar-refractivity contribution is 0.400. The van der Waals surface area contributed by atoms with Crippen LogP contribution in [0.5, 0.6) is 0 Å². The van der Waals surface area contributed by atoms with Crippen LogP contribution in [0.25, 0.3) is 0 Å². The monoisotopic (exact) mass is 317 g/mol. The molecule has 1 aromatic heterocycles. The van der Waals surface area contributed by atoms with E-state index in [4.69, 9.17) is 0 Å². The van der Waals surface area contributed by atoms with Crippen LogP contribution in [-0.2, 0) is 16.6 Å². The maximum Gasteiger partial charge on any atom is 0.244 e. The van der Waals surface area contributed by atoms with Crippen LogP contribution in [0.1, 0.15) is 31.2 Å². The summed E-state index contributed by atoms with van der Waals surface area (Å²) in [4.78, 5) is 2.30. The maximum absolute atomic E-state index is 12.4. The van der Waals surface area contributed by atoms with Crippen LogP contribution in [0.15, 0.2) is 4.90 Å². The van der Waals surface area contributed by atoms with Crippen molar-refractivity contribution in [2.75, 3.05) is 33.7 Å². The first kappa shape index (κ1) is 18.1. The first-order chi connectivity index (χ1) is 9.88. The van der Waals surface area contributed by atoms with Gasteiger partial charge in [0, 0.05) is 13.1 Å². The van der Waals surface area contributed by atoms with E-state index in [2.05, 4.69) is 27.2 Å². The number of sulfonamides is 1. The molecule has 0 atom stereocenters. The van der Waals surface area contributed by atoms with Crippen molar-refractivity contribution >= 4 is 10.0 Å². The number of aromatic nitrogens is 2. The number of aromatic amines is 1. The summed E-state index contributed by atoms with van der Waals surface area (Å²) in [6.07, 6.45) is 1.76. The fourth-order valence-corrected chi connectivity index (χ4v) is 3.44. The first-order valence-electron chi connectivity index (χ1n) is 7.27. The van der Waals surface area contributed by atoms with Crippen LogP contribution in [0.4, 0.5) is 0 Å². The molecule has 8 heteroatoms. The summed E-state index contributed by atoms with van der Waals surface area (Å²) in [5.74, 6) is 0. The zero-order chi connectivity index (χ0) is 15.9. The molecule has 0 bridgehead atoms. The molecule has 0 aromatic carbocycles. The molecule has 21 heavy (non-hydrogen) atoms. The molecule has 0 fully saturated rings. The van der Waals surface area contributed by atoms with Gasteiger partial charge in [-0.25, -0.2) is 13.1 Å². The zero-order valence-electron chi connectivity index (χ0n) is 13.4. The van der Waals surface area contributed by atoms with E-state index in [1.54, 1.807) is 6.92 Å². The van der Waals surface area contributed by atoms with E-state index in [0.717, 1.165) is 25.9 Å². The van der Waals surface area contributed by atoms with Crippen LogP contribution in [-0.4, -0.2) is 57.2 Å². The second-order valence-electron chi connectivity index (χ2n) is 5.36. The summed E-state index contributed by atoms with van der Waals surface area (Å²) >= 11 is 0. The minimum absolute atomic E-state index is 0.274. The predicted octanol–water partition coefficient (Wildman–Crippen LogP) is 0.448. The molecule has 0 spiro atoms. The number of hydrogen-bond acceptors (Lipinski definition) is 5. The van der Waals surface area contributed by atoms with E-state index in [9.17, 15) is 8.42 Å². The van der Waals surface area contributed by atoms with Crippen LogP contribution in [0.3, 0.4) is 0 Å². The number of aryl methyl sites for hydroxylation is 1. The van der Waals surface area contributed by atoms with Crippen molar-refractivity contribution < 1.29 is 8.42 Å². The summed E-state index contributed by atoms with van der Waals surface area (Å²) in [7, 11) is 0.413. The van der Waals surface area contributed by atoms with Crippen LogP contribution in [0, 0.1) is 6.92 Å². The second kappa shape index (κ2) is 8.47. The van der Waals surface area contributed by atoms with Crippen LogP contribution >= 0.6 is 0 Å². The average molecular weight is 317 g/mol. The second-order valence-corrected chi connectivity index (χ2v) is 7.06. The quantitative estimate of drug-likeness (QED) is 0.545. The van der Waals surface area contributed by atoms with Crippen molar-refractivity contribution in [3.05, 3.63) is 11.4 Å². The molecule has 122 valence electrons. The summed E-state index contributed by atoms with van der Waals surface area (Å²) in [6.45, 7) is 6.34. The number of rotatable bonds is 10. The highest BCUT2D eigenvalue weighted by Crippen LogP contribution is 2.17. The molecule has 1 rings (SSSR count). The van der Waals surface area contributed by atoms with Crippen molar-refractivity contribution in [3.8, 4) is 0 Å². The van der Waals surface area contributed by atoms with Crippen molar-refractivity contribution in [2.24, 2.45) is 0 Å². The first-order valence-corrected chi connectivity index (χ1v) is 8.75. The number of H-pyrrole nitrogens is 1. The summed E-state index contributed by atoms with van der Waals surface area (Å²) in [6, 6.07) is 0. The molecular formula is C13H27N5O2S. The highest BCUT2D eigenvalue weighted by atomic mass is 32.2. The average Bonchev–Trinajstić information content (AvgIpc) is 2.77. The molecule has 0 unspecified atom stereocenters. The Morgan fingerprint density at radius 1 is 1.29 bits per heavy atom. The van der Waals surface area contributed by atoms with Gasteiger partial charge in [0.25, 0.3) is 0 Å². The van der Waals surface area contributed by atoms with E-state index in [-0.39, 0.29) is 4.90 Å². The molecule has 0 saturated heterocycles. The Bertz CT molecular complexity index is 525. The Labute approximate surface area is 127 Å². The van der Waals surface area contributed by atoms with Crippen molar-refractivity contribution in [1.29, 1.82) is 0 Å². The van der Waals surface area contributed by atoms with Gasteiger partial charge < -0.3 is 10.2 Å². The molecule has 0 radical (unpaired) electrons. The third-order valence-electron chi connectivity index (χ3n) is 3.02. The fourth-order valence-electron chi connectivity index (χ4n) is 2.00. The Kier molecular flexibility index (Phi) is 7.30. The third kappa shape index (κ3) is 5.74. The van der Waals surface area contributed by atoms with Crippen molar-refractivity contribution in [3.63, 3.8) is 0 Å². The topological polar surface area (TPSA) is 90.1 Å². The van der Waals surface area contributed by atoms with Gasteiger partial charge in [0.1, 0.15) is 4.90 Å². The molecule has 1 heterocycles. The number of nitrogens with one attached hydrogen (secondary N) is 3. The largest absolute Gasteiger partial charge is 0.311 e. The maximum atomic E-state index is 12.4. The lowest BCUT2D eigenvalue weighted by Gasteiger charge is -2.11. The van der Waals surface area contributed by atoms with E-state index in [1.165, 1.54) is 0 Å². The molecule has 3 N–H and O–H groups in total. The van der Waals surface area contributed by atoms with Crippen molar-refractivity contribution in [2.45, 2.75) is 38.1 Å². The molecule has 0 aliphatic carbocycles. The number of hydrogen-bond donors (Lipinski definition) is 3. The van der Waals surface area contributed by atoms with Gasteiger partial charge in [0.2, 0.25) is 10.0 Å². The van der Waals surface area contributed by atoms with Gasteiger partial charge in [0.15, 0.2) is 0 Å². The fraction of sp³-hybridized carbons (Fsp3) is 0.769. The molecule has 0 aliphatic heterocycles. The molecule has 1 aromatic rings. The lowest BCUT2D eigenvalue weighted by atomic mass is 10.3. The number of nitrogens with zero attached hydrogens (tertiary/aromatic N) is 2. The van der Waals surface area contributed by atoms with Gasteiger partial charge in [-0.3, -0.25) is 5.10 Å². The van der Waals surface area contributed by atoms with E-state index in [1.807, 2.05) is 19.0 Å². The van der Waals surface area contributed by atoms with Gasteiger partial charge in [-0.15, -0.1) is 0 Å². The lowest BCUT2D eigenvalue weighted by Crippen LogP contribution is -2.29. The van der Waals surface area contributed by atoms with Crippen LogP contribution in [0.2, 0.25) is 0 Å². The standard InChI is InChI=1S/C13H27N5O2S/c1-5-7-14-10-12-13(11(2)16-17-12)21(19,20)15-8-6-9-18(3)4/h14-15H,5-10H2,1-4H3,(H,16,17). The normalized spacial score (nSPS) is 12.2. The van der Waals surface area contributed by atoms with Gasteiger partial charge >= 0.3 is 0 Å². The van der Waals surface area contributed by atoms with E-state index in [0.29, 0.717) is 24.5 Å². The van der Waals surface area contributed by atoms with Crippen LogP contribution < -0.4 is 10.0 Å². The summed E-state index contributed by atoms with van der Waals surface area (Å²) < 4.78 is 27.4. The summed E-state index contributed by atoms with van der Waals surface area (Å²) in [5, 5.41) is 10.0. The molecule has 0 saturated carbocycles. The van der Waals surface area contributed by atoms with Gasteiger partial charge in [-0.05, 0) is 47.0 Å². The minimum Gasteiger partial charge on any atom is -0.311 e. The Morgan fingerprint density at radius 2 is 2.00 bits per heavy atom. The van der Waals surface area contributed by atoms with Gasteiger partial charge in [0.05, 0.1) is 11.4 Å². The Balaban J connectivity index is 2.70. The van der Waals surface area contributed by atoms with Gasteiger partial charge in [-0.1, -0.05) is 6.92 Å². The molecular weight excluding hydrogens is 290 g/mol. The zero-order valence-corrected chi connectivity index (χ0v) is 14.2. The van der Waals surface area contributed by atoms with E-state index >= 15 is 0 Å². The van der Waals surface area contributed by atoms with Crippen molar-refractivity contribution in [1.82, 2.24) is 25.1 Å². The third-order valence-corrected chi connectivity index (χ3v) is 4.69. The Hall–Kier alpha value is -0.960. The minimum atomic E-state index is -3.52. The predicted molar refractivity (Wildman–Crippen MR) is 83.7 cm³/mol.